The van der Waals surface area contributed by atoms with Crippen molar-refractivity contribution in [2.24, 2.45) is 0 Å². The Labute approximate surface area is 184 Å². The van der Waals surface area contributed by atoms with E-state index in [9.17, 15) is 22.4 Å². The molecule has 1 aromatic heterocycles. The number of likely N-dealkylation sites (N-methyl/N-ethyl adjacent to an activating group) is 1. The summed E-state index contributed by atoms with van der Waals surface area (Å²) in [4.78, 5) is 16.6. The topological polar surface area (TPSA) is 37.7 Å². The molecule has 9 heteroatoms. The molecule has 1 amide bonds. The zero-order valence-electron chi connectivity index (χ0n) is 18.4. The first-order valence-corrected chi connectivity index (χ1v) is 10.8. The number of nitrogens with zero attached hydrogens (tertiary/aromatic N) is 3. The number of piperidine rings is 1. The van der Waals surface area contributed by atoms with E-state index in [1.807, 2.05) is 25.8 Å². The molecule has 1 fully saturated rings. The fraction of sp³-hybridized carbons (Fsp3) is 0.522. The third-order valence-electron chi connectivity index (χ3n) is 6.52. The summed E-state index contributed by atoms with van der Waals surface area (Å²) in [6.07, 6.45) is -3.86. The Morgan fingerprint density at radius 2 is 1.69 bits per heavy atom. The summed E-state index contributed by atoms with van der Waals surface area (Å²) in [6, 6.07) is 7.51. The number of carbonyl (C=O) groups excluding carboxylic acids is 1. The Bertz CT molecular complexity index is 990. The highest BCUT2D eigenvalue weighted by Gasteiger charge is 2.49. The molecule has 2 aliphatic rings. The van der Waals surface area contributed by atoms with E-state index in [0.29, 0.717) is 49.9 Å². The van der Waals surface area contributed by atoms with E-state index in [1.54, 1.807) is 29.2 Å². The van der Waals surface area contributed by atoms with Gasteiger partial charge in [-0.1, -0.05) is 0 Å². The average Bonchev–Trinajstić information content (AvgIpc) is 3.09. The molecule has 1 spiro atoms. The highest BCUT2D eigenvalue weighted by Crippen LogP contribution is 2.45. The van der Waals surface area contributed by atoms with Gasteiger partial charge in [0.15, 0.2) is 0 Å². The summed E-state index contributed by atoms with van der Waals surface area (Å²) in [5.74, 6) is -0.305. The first kappa shape index (κ1) is 22.6. The Morgan fingerprint density at radius 1 is 1.06 bits per heavy atom. The molecular formula is C23H27F4N3O2. The Balaban J connectivity index is 1.54. The highest BCUT2D eigenvalue weighted by atomic mass is 19.4. The molecule has 5 nitrogen and oxygen atoms in total. The Kier molecular flexibility index (Phi) is 5.73. The van der Waals surface area contributed by atoms with E-state index >= 15 is 0 Å². The van der Waals surface area contributed by atoms with E-state index in [0.717, 1.165) is 4.57 Å². The van der Waals surface area contributed by atoms with Gasteiger partial charge >= 0.3 is 6.18 Å². The molecule has 2 aliphatic heterocycles. The van der Waals surface area contributed by atoms with Crippen LogP contribution in [0.2, 0.25) is 0 Å². The quantitative estimate of drug-likeness (QED) is 0.642. The van der Waals surface area contributed by atoms with Gasteiger partial charge in [-0.15, -0.1) is 0 Å². The SMILES string of the molecule is CC(C)Oc1ccc(C(=O)N2CCC3(CC2)c2c(F)cc(C(F)(F)F)n2CCN3C)cc1. The van der Waals surface area contributed by atoms with Gasteiger partial charge in [0.2, 0.25) is 0 Å². The lowest BCUT2D eigenvalue weighted by molar-refractivity contribution is -0.144. The smallest absolute Gasteiger partial charge is 0.431 e. The second-order valence-corrected chi connectivity index (χ2v) is 8.81. The van der Waals surface area contributed by atoms with Gasteiger partial charge in [0.25, 0.3) is 5.91 Å². The number of fused-ring (bicyclic) bond motifs is 2. The van der Waals surface area contributed by atoms with E-state index < -0.39 is 23.2 Å². The number of halogens is 4. The van der Waals surface area contributed by atoms with Crippen LogP contribution in [0.25, 0.3) is 0 Å². The summed E-state index contributed by atoms with van der Waals surface area (Å²) < 4.78 is 61.8. The van der Waals surface area contributed by atoms with Crippen LogP contribution in [0, 0.1) is 5.82 Å². The number of aromatic nitrogens is 1. The standard InChI is InChI=1S/C23H27F4N3O2/c1-15(2)32-17-6-4-16(5-7-17)21(31)29-10-8-22(9-11-29)20-18(24)14-19(23(25,26)27)30(20)13-12-28(22)3/h4-7,14-15H,8-13H2,1-3H3. The monoisotopic (exact) mass is 453 g/mol. The van der Waals surface area contributed by atoms with Gasteiger partial charge in [-0.3, -0.25) is 9.69 Å². The third-order valence-corrected chi connectivity index (χ3v) is 6.52. The van der Waals surface area contributed by atoms with Crippen molar-refractivity contribution < 1.29 is 27.1 Å². The molecule has 0 N–H and O–H groups in total. The summed E-state index contributed by atoms with van der Waals surface area (Å²) in [5.41, 5.74) is -1.21. The van der Waals surface area contributed by atoms with Crippen LogP contribution < -0.4 is 4.74 Å². The lowest BCUT2D eigenvalue weighted by Gasteiger charge is -2.50. The predicted molar refractivity (Wildman–Crippen MR) is 111 cm³/mol. The average molecular weight is 453 g/mol. The fourth-order valence-corrected chi connectivity index (χ4v) is 4.93. The molecule has 0 saturated carbocycles. The number of benzene rings is 1. The Morgan fingerprint density at radius 3 is 2.25 bits per heavy atom. The molecule has 0 atom stereocenters. The summed E-state index contributed by atoms with van der Waals surface area (Å²) in [5, 5.41) is 0. The first-order chi connectivity index (χ1) is 15.0. The van der Waals surface area contributed by atoms with Crippen molar-refractivity contribution >= 4 is 5.91 Å². The molecule has 32 heavy (non-hydrogen) atoms. The minimum atomic E-state index is -4.61. The second kappa shape index (κ2) is 8.10. The first-order valence-electron chi connectivity index (χ1n) is 10.8. The van der Waals surface area contributed by atoms with Crippen LogP contribution in [0.4, 0.5) is 17.6 Å². The van der Waals surface area contributed by atoms with Crippen LogP contribution >= 0.6 is 0 Å². The number of hydrogen-bond donors (Lipinski definition) is 0. The number of amides is 1. The van der Waals surface area contributed by atoms with Crippen LogP contribution in [0.1, 0.15) is 48.4 Å². The van der Waals surface area contributed by atoms with Crippen molar-refractivity contribution in [3.05, 3.63) is 53.1 Å². The van der Waals surface area contributed by atoms with Crippen molar-refractivity contribution in [1.82, 2.24) is 14.4 Å². The molecule has 0 radical (unpaired) electrons. The highest BCUT2D eigenvalue weighted by molar-refractivity contribution is 5.94. The van der Waals surface area contributed by atoms with Crippen LogP contribution in [0.3, 0.4) is 0 Å². The van der Waals surface area contributed by atoms with Gasteiger partial charge in [-0.05, 0) is 58.0 Å². The summed E-state index contributed by atoms with van der Waals surface area (Å²) in [7, 11) is 1.81. The summed E-state index contributed by atoms with van der Waals surface area (Å²) in [6.45, 7) is 4.97. The van der Waals surface area contributed by atoms with E-state index in [-0.39, 0.29) is 24.2 Å². The van der Waals surface area contributed by atoms with Gasteiger partial charge in [0.1, 0.15) is 17.3 Å². The molecular weight excluding hydrogens is 426 g/mol. The van der Waals surface area contributed by atoms with Crippen molar-refractivity contribution in [2.75, 3.05) is 26.7 Å². The van der Waals surface area contributed by atoms with Crippen molar-refractivity contribution in [1.29, 1.82) is 0 Å². The van der Waals surface area contributed by atoms with E-state index in [1.165, 1.54) is 0 Å². The number of alkyl halides is 3. The van der Waals surface area contributed by atoms with Crippen molar-refractivity contribution in [3.8, 4) is 5.75 Å². The molecule has 0 aliphatic carbocycles. The molecule has 2 aromatic rings. The molecule has 4 rings (SSSR count). The van der Waals surface area contributed by atoms with E-state index in [4.69, 9.17) is 4.74 Å². The maximum atomic E-state index is 14.8. The molecule has 174 valence electrons. The molecule has 1 saturated heterocycles. The zero-order valence-corrected chi connectivity index (χ0v) is 18.4. The number of hydrogen-bond acceptors (Lipinski definition) is 3. The van der Waals surface area contributed by atoms with Crippen LogP contribution in [0.15, 0.2) is 30.3 Å². The van der Waals surface area contributed by atoms with Gasteiger partial charge in [0.05, 0.1) is 17.3 Å². The van der Waals surface area contributed by atoms with Crippen LogP contribution in [-0.4, -0.2) is 53.1 Å². The van der Waals surface area contributed by atoms with Gasteiger partial charge < -0.3 is 14.2 Å². The van der Waals surface area contributed by atoms with Gasteiger partial charge in [-0.2, -0.15) is 13.2 Å². The fourth-order valence-electron chi connectivity index (χ4n) is 4.93. The molecule has 3 heterocycles. The summed E-state index contributed by atoms with van der Waals surface area (Å²) >= 11 is 0. The maximum absolute atomic E-state index is 14.8. The number of rotatable bonds is 3. The molecule has 0 unspecified atom stereocenters. The lowest BCUT2D eigenvalue weighted by Crippen LogP contribution is -2.57. The zero-order chi connectivity index (χ0) is 23.3. The number of likely N-dealkylation sites (tertiary alicyclic amines) is 1. The predicted octanol–water partition coefficient (Wildman–Crippen LogP) is 4.51. The third kappa shape index (κ3) is 3.87. The van der Waals surface area contributed by atoms with E-state index in [2.05, 4.69) is 0 Å². The van der Waals surface area contributed by atoms with Crippen molar-refractivity contribution in [3.63, 3.8) is 0 Å². The normalized spacial score (nSPS) is 18.8. The minimum Gasteiger partial charge on any atom is -0.491 e. The van der Waals surface area contributed by atoms with Gasteiger partial charge in [0, 0.05) is 37.8 Å². The van der Waals surface area contributed by atoms with Crippen LogP contribution in [-0.2, 0) is 18.3 Å². The van der Waals surface area contributed by atoms with Gasteiger partial charge in [-0.25, -0.2) is 4.39 Å². The number of ether oxygens (including phenoxy) is 1. The Hall–Kier alpha value is -2.55. The maximum Gasteiger partial charge on any atom is 0.431 e. The second-order valence-electron chi connectivity index (χ2n) is 8.81. The van der Waals surface area contributed by atoms with Crippen LogP contribution in [0.5, 0.6) is 5.75 Å². The van der Waals surface area contributed by atoms with Crippen molar-refractivity contribution in [2.45, 2.75) is 51.1 Å². The lowest BCUT2D eigenvalue weighted by atomic mass is 9.81. The minimum absolute atomic E-state index is 0.0273. The molecule has 1 aromatic carbocycles. The molecule has 0 bridgehead atoms. The number of carbonyl (C=O) groups is 1. The largest absolute Gasteiger partial charge is 0.491 e.